The predicted octanol–water partition coefficient (Wildman–Crippen LogP) is 2.07. The zero-order valence-corrected chi connectivity index (χ0v) is 9.81. The summed E-state index contributed by atoms with van der Waals surface area (Å²) >= 11 is 3.42. The smallest absolute Gasteiger partial charge is 0.313 e. The molecule has 3 nitrogen and oxygen atoms in total. The maximum atomic E-state index is 10.9. The van der Waals surface area contributed by atoms with Gasteiger partial charge in [-0.15, -0.1) is 0 Å². The van der Waals surface area contributed by atoms with E-state index in [0.717, 1.165) is 6.42 Å². The van der Waals surface area contributed by atoms with Crippen molar-refractivity contribution in [3.63, 3.8) is 0 Å². The van der Waals surface area contributed by atoms with Crippen LogP contribution in [0.25, 0.3) is 0 Å². The summed E-state index contributed by atoms with van der Waals surface area (Å²) in [5.74, 6) is -0.604. The monoisotopic (exact) mass is 250 g/mol. The molecule has 0 aliphatic carbocycles. The Bertz CT molecular complexity index is 194. The van der Waals surface area contributed by atoms with E-state index in [2.05, 4.69) is 15.9 Å². The lowest BCUT2D eigenvalue weighted by molar-refractivity contribution is -0.145. The summed E-state index contributed by atoms with van der Waals surface area (Å²) in [7, 11) is 0. The summed E-state index contributed by atoms with van der Waals surface area (Å²) in [6, 6.07) is 0. The zero-order chi connectivity index (χ0) is 10.5. The van der Waals surface area contributed by atoms with E-state index in [0.29, 0.717) is 6.61 Å². The van der Waals surface area contributed by atoms with Crippen LogP contribution in [0.1, 0.15) is 33.6 Å². The fraction of sp³-hybridized carbons (Fsp3) is 0.778. The highest BCUT2D eigenvalue weighted by Gasteiger charge is 2.13. The molecule has 0 aromatic heterocycles. The number of carbonyl (C=O) groups is 2. The topological polar surface area (TPSA) is 43.4 Å². The van der Waals surface area contributed by atoms with Gasteiger partial charge in [-0.3, -0.25) is 9.59 Å². The fourth-order valence-corrected chi connectivity index (χ4v) is 0.824. The van der Waals surface area contributed by atoms with Crippen molar-refractivity contribution in [1.29, 1.82) is 0 Å². The molecule has 0 aliphatic heterocycles. The average molecular weight is 251 g/mol. The van der Waals surface area contributed by atoms with Crippen LogP contribution >= 0.6 is 15.9 Å². The van der Waals surface area contributed by atoms with Crippen molar-refractivity contribution in [2.24, 2.45) is 0 Å². The summed E-state index contributed by atoms with van der Waals surface area (Å²) < 4.78 is 4.81. The van der Waals surface area contributed by atoms with Gasteiger partial charge < -0.3 is 4.74 Å². The number of carbonyl (C=O) groups excluding carboxylic acids is 2. The number of halogens is 1. The Kier molecular flexibility index (Phi) is 5.21. The van der Waals surface area contributed by atoms with E-state index in [9.17, 15) is 9.59 Å². The Labute approximate surface area is 87.0 Å². The first-order valence-corrected chi connectivity index (χ1v) is 4.94. The predicted molar refractivity (Wildman–Crippen MR) is 53.9 cm³/mol. The lowest BCUT2D eigenvalue weighted by Gasteiger charge is -2.15. The third-order valence-electron chi connectivity index (χ3n) is 1.35. The van der Waals surface area contributed by atoms with Crippen LogP contribution in [0.3, 0.4) is 0 Å². The highest BCUT2D eigenvalue weighted by Crippen LogP contribution is 2.19. The number of esters is 1. The number of hydrogen-bond donors (Lipinski definition) is 0. The maximum Gasteiger partial charge on any atom is 0.313 e. The van der Waals surface area contributed by atoms with Crippen LogP contribution in [-0.4, -0.2) is 22.7 Å². The Hall–Kier alpha value is -0.380. The van der Waals surface area contributed by atoms with Crippen molar-refractivity contribution in [3.8, 4) is 0 Å². The fourth-order valence-electron chi connectivity index (χ4n) is 0.662. The number of alkyl halides is 1. The second-order valence-electron chi connectivity index (χ2n) is 3.57. The summed E-state index contributed by atoms with van der Waals surface area (Å²) in [5, 5.41) is 0. The molecule has 4 heteroatoms. The van der Waals surface area contributed by atoms with Crippen molar-refractivity contribution >= 4 is 27.7 Å². The molecule has 0 heterocycles. The largest absolute Gasteiger partial charge is 0.465 e. The highest BCUT2D eigenvalue weighted by molar-refractivity contribution is 9.10. The molecule has 0 saturated heterocycles. The van der Waals surface area contributed by atoms with Crippen LogP contribution in [0.15, 0.2) is 0 Å². The molecule has 0 aromatic rings. The molecule has 0 aliphatic rings. The number of ether oxygens (including phenoxy) is 1. The molecule has 0 saturated carbocycles. The van der Waals surface area contributed by atoms with Gasteiger partial charge in [0, 0.05) is 4.32 Å². The summed E-state index contributed by atoms with van der Waals surface area (Å²) in [6.07, 6.45) is 0.610. The molecule has 0 fully saturated rings. The van der Waals surface area contributed by atoms with Gasteiger partial charge in [0.05, 0.1) is 6.61 Å². The summed E-state index contributed by atoms with van der Waals surface area (Å²) in [6.45, 7) is 5.71. The van der Waals surface area contributed by atoms with Gasteiger partial charge in [-0.2, -0.15) is 0 Å². The van der Waals surface area contributed by atoms with E-state index in [1.165, 1.54) is 6.92 Å². The molecule has 0 spiro atoms. The third kappa shape index (κ3) is 9.53. The standard InChI is InChI=1S/C9H15BrO3/c1-7(11)6-8(12)13-5-4-9(2,3)10/h4-6H2,1-3H3. The molecule has 0 unspecified atom stereocenters. The van der Waals surface area contributed by atoms with Crippen molar-refractivity contribution in [3.05, 3.63) is 0 Å². The van der Waals surface area contributed by atoms with E-state index >= 15 is 0 Å². The van der Waals surface area contributed by atoms with Crippen molar-refractivity contribution in [2.75, 3.05) is 6.61 Å². The Morgan fingerprint density at radius 3 is 2.31 bits per heavy atom. The number of Topliss-reactive ketones (excluding diaryl/α,β-unsaturated/α-hetero) is 1. The van der Waals surface area contributed by atoms with Crippen LogP contribution in [0.4, 0.5) is 0 Å². The molecular weight excluding hydrogens is 236 g/mol. The molecule has 76 valence electrons. The van der Waals surface area contributed by atoms with E-state index in [1.807, 2.05) is 13.8 Å². The first-order valence-electron chi connectivity index (χ1n) is 4.15. The molecule has 0 rings (SSSR count). The lowest BCUT2D eigenvalue weighted by atomic mass is 10.1. The molecule has 0 bridgehead atoms. The van der Waals surface area contributed by atoms with E-state index in [-0.39, 0.29) is 16.5 Å². The van der Waals surface area contributed by atoms with Gasteiger partial charge in [0.1, 0.15) is 12.2 Å². The third-order valence-corrected chi connectivity index (χ3v) is 1.75. The molecule has 13 heavy (non-hydrogen) atoms. The molecule has 0 N–H and O–H groups in total. The van der Waals surface area contributed by atoms with Crippen LogP contribution in [-0.2, 0) is 14.3 Å². The summed E-state index contributed by atoms with van der Waals surface area (Å²) in [4.78, 5) is 21.4. The first kappa shape index (κ1) is 12.6. The van der Waals surface area contributed by atoms with Gasteiger partial charge in [0.2, 0.25) is 0 Å². The molecule has 0 radical (unpaired) electrons. The van der Waals surface area contributed by atoms with Gasteiger partial charge in [-0.25, -0.2) is 0 Å². The van der Waals surface area contributed by atoms with Gasteiger partial charge in [0.25, 0.3) is 0 Å². The number of hydrogen-bond acceptors (Lipinski definition) is 3. The maximum absolute atomic E-state index is 10.9. The van der Waals surface area contributed by atoms with Crippen molar-refractivity contribution < 1.29 is 14.3 Å². The van der Waals surface area contributed by atoms with Gasteiger partial charge >= 0.3 is 5.97 Å². The first-order chi connectivity index (χ1) is 5.81. The molecular formula is C9H15BrO3. The highest BCUT2D eigenvalue weighted by atomic mass is 79.9. The number of ketones is 1. The van der Waals surface area contributed by atoms with Crippen molar-refractivity contribution in [1.82, 2.24) is 0 Å². The van der Waals surface area contributed by atoms with Gasteiger partial charge in [-0.05, 0) is 27.2 Å². The van der Waals surface area contributed by atoms with Crippen LogP contribution < -0.4 is 0 Å². The average Bonchev–Trinajstić information content (AvgIpc) is 1.81. The SMILES string of the molecule is CC(=O)CC(=O)OCCC(C)(C)Br. The normalized spacial score (nSPS) is 11.1. The Morgan fingerprint density at radius 2 is 1.92 bits per heavy atom. The van der Waals surface area contributed by atoms with Gasteiger partial charge in [-0.1, -0.05) is 15.9 Å². The van der Waals surface area contributed by atoms with Gasteiger partial charge in [0.15, 0.2) is 0 Å². The minimum absolute atomic E-state index is 0.0243. The minimum atomic E-state index is -0.441. The van der Waals surface area contributed by atoms with Crippen LogP contribution in [0, 0.1) is 0 Å². The van der Waals surface area contributed by atoms with Crippen molar-refractivity contribution in [2.45, 2.75) is 37.9 Å². The molecule has 0 aromatic carbocycles. The number of rotatable bonds is 5. The van der Waals surface area contributed by atoms with Crippen LogP contribution in [0.2, 0.25) is 0 Å². The molecule has 0 atom stereocenters. The van der Waals surface area contributed by atoms with E-state index < -0.39 is 5.97 Å². The van der Waals surface area contributed by atoms with E-state index in [4.69, 9.17) is 4.74 Å². The van der Waals surface area contributed by atoms with Crippen LogP contribution in [0.5, 0.6) is 0 Å². The van der Waals surface area contributed by atoms with E-state index in [1.54, 1.807) is 0 Å². The quantitative estimate of drug-likeness (QED) is 0.427. The zero-order valence-electron chi connectivity index (χ0n) is 8.22. The molecule has 0 amide bonds. The second kappa shape index (κ2) is 5.37. The Morgan fingerprint density at radius 1 is 1.38 bits per heavy atom. The Balaban J connectivity index is 3.54. The second-order valence-corrected chi connectivity index (χ2v) is 5.71. The summed E-state index contributed by atoms with van der Waals surface area (Å²) in [5.41, 5.74) is 0. The lowest BCUT2D eigenvalue weighted by Crippen LogP contribution is -2.16. The minimum Gasteiger partial charge on any atom is -0.465 e.